The molecule has 1 heterocycles. The van der Waals surface area contributed by atoms with Crippen molar-refractivity contribution in [1.29, 1.82) is 0 Å². The van der Waals surface area contributed by atoms with E-state index in [1.54, 1.807) is 0 Å². The first-order chi connectivity index (χ1) is 5.81. The van der Waals surface area contributed by atoms with Crippen LogP contribution in [0.15, 0.2) is 0 Å². The maximum Gasteiger partial charge on any atom is 0.318 e. The van der Waals surface area contributed by atoms with E-state index >= 15 is 0 Å². The summed E-state index contributed by atoms with van der Waals surface area (Å²) in [4.78, 5) is 0. The fourth-order valence-electron chi connectivity index (χ4n) is 0.694. The van der Waals surface area contributed by atoms with E-state index in [-0.39, 0.29) is 0 Å². The second-order valence-corrected chi connectivity index (χ2v) is 4.38. The van der Waals surface area contributed by atoms with E-state index in [1.165, 1.54) is 19.5 Å². The van der Waals surface area contributed by atoms with Gasteiger partial charge in [0.1, 0.15) is 0 Å². The maximum absolute atomic E-state index is 5.20. The Kier molecular flexibility index (Phi) is 9.26. The van der Waals surface area contributed by atoms with E-state index in [0.29, 0.717) is 0 Å². The molecule has 4 heteroatoms. The van der Waals surface area contributed by atoms with E-state index in [0.717, 1.165) is 13.2 Å². The Morgan fingerprint density at radius 3 is 1.67 bits per heavy atom. The molecule has 1 N–H and O–H groups in total. The number of hydrogen-bond acceptors (Lipinski definition) is 3. The Morgan fingerprint density at radius 2 is 1.50 bits per heavy atom. The minimum Gasteiger partial charge on any atom is -0.397 e. The Labute approximate surface area is 77.3 Å². The molecule has 0 unspecified atom stereocenters. The van der Waals surface area contributed by atoms with E-state index in [2.05, 4.69) is 5.32 Å². The molecule has 3 nitrogen and oxygen atoms in total. The summed E-state index contributed by atoms with van der Waals surface area (Å²) < 4.78 is 10.4. The largest absolute Gasteiger partial charge is 0.397 e. The van der Waals surface area contributed by atoms with Crippen LogP contribution in [0.4, 0.5) is 0 Å². The third kappa shape index (κ3) is 8.20. The van der Waals surface area contributed by atoms with Crippen molar-refractivity contribution in [2.24, 2.45) is 0 Å². The molecule has 1 fully saturated rings. The van der Waals surface area contributed by atoms with Crippen molar-refractivity contribution in [3.05, 3.63) is 0 Å². The van der Waals surface area contributed by atoms with E-state index in [1.807, 2.05) is 20.4 Å². The van der Waals surface area contributed by atoms with Crippen molar-refractivity contribution in [2.45, 2.75) is 26.8 Å². The standard InChI is InChI=1S/C5H14O2Si.C3H7N/c1-4-6-8(3)7-5-2;1-2-4-3-1/h8H,4-5H2,1-3H3;4H,1-3H2. The monoisotopic (exact) mass is 191 g/mol. The topological polar surface area (TPSA) is 30.5 Å². The molecular formula is C8H21NO2Si. The molecule has 74 valence electrons. The minimum absolute atomic E-state index is 0.785. The van der Waals surface area contributed by atoms with Gasteiger partial charge in [0, 0.05) is 13.2 Å². The maximum atomic E-state index is 5.20. The van der Waals surface area contributed by atoms with Crippen LogP contribution in [0.25, 0.3) is 0 Å². The highest BCUT2D eigenvalue weighted by molar-refractivity contribution is 6.42. The molecule has 0 bridgehead atoms. The van der Waals surface area contributed by atoms with Gasteiger partial charge in [0.2, 0.25) is 0 Å². The van der Waals surface area contributed by atoms with Gasteiger partial charge >= 0.3 is 9.28 Å². The van der Waals surface area contributed by atoms with Gasteiger partial charge in [-0.15, -0.1) is 0 Å². The van der Waals surface area contributed by atoms with Gasteiger partial charge in [0.05, 0.1) is 0 Å². The van der Waals surface area contributed by atoms with E-state index in [4.69, 9.17) is 8.85 Å². The molecule has 0 amide bonds. The third-order valence-corrected chi connectivity index (χ3v) is 3.12. The first kappa shape index (κ1) is 12.1. The van der Waals surface area contributed by atoms with Crippen molar-refractivity contribution >= 4 is 9.28 Å². The van der Waals surface area contributed by atoms with Gasteiger partial charge in [-0.3, -0.25) is 0 Å². The molecule has 12 heavy (non-hydrogen) atoms. The molecule has 1 rings (SSSR count). The van der Waals surface area contributed by atoms with Crippen molar-refractivity contribution in [3.8, 4) is 0 Å². The van der Waals surface area contributed by atoms with E-state index in [9.17, 15) is 0 Å². The smallest absolute Gasteiger partial charge is 0.318 e. The lowest BCUT2D eigenvalue weighted by Gasteiger charge is -2.09. The lowest BCUT2D eigenvalue weighted by Crippen LogP contribution is -2.29. The molecule has 1 aliphatic heterocycles. The van der Waals surface area contributed by atoms with Crippen molar-refractivity contribution < 1.29 is 8.85 Å². The van der Waals surface area contributed by atoms with Crippen LogP contribution < -0.4 is 5.32 Å². The van der Waals surface area contributed by atoms with Gasteiger partial charge in [0.25, 0.3) is 0 Å². The van der Waals surface area contributed by atoms with Gasteiger partial charge in [-0.1, -0.05) is 0 Å². The zero-order chi connectivity index (χ0) is 9.23. The van der Waals surface area contributed by atoms with Crippen LogP contribution >= 0.6 is 0 Å². The van der Waals surface area contributed by atoms with Gasteiger partial charge in [0.15, 0.2) is 0 Å². The molecule has 0 saturated carbocycles. The first-order valence-electron chi connectivity index (χ1n) is 4.75. The molecule has 0 aromatic carbocycles. The van der Waals surface area contributed by atoms with Crippen LogP contribution in [-0.2, 0) is 8.85 Å². The van der Waals surface area contributed by atoms with Crippen LogP contribution in [0.1, 0.15) is 20.3 Å². The van der Waals surface area contributed by atoms with E-state index < -0.39 is 9.28 Å². The molecule has 0 atom stereocenters. The molecular weight excluding hydrogens is 170 g/mol. The van der Waals surface area contributed by atoms with Crippen molar-refractivity contribution in [3.63, 3.8) is 0 Å². The SMILES string of the molecule is C1CNC1.CCO[SiH](C)OCC. The fraction of sp³-hybridized carbons (Fsp3) is 1.00. The molecule has 0 radical (unpaired) electrons. The van der Waals surface area contributed by atoms with Crippen LogP contribution in [0.3, 0.4) is 0 Å². The quantitative estimate of drug-likeness (QED) is 0.670. The highest BCUT2D eigenvalue weighted by atomic mass is 28.3. The molecule has 0 aromatic heterocycles. The second kappa shape index (κ2) is 9.19. The highest BCUT2D eigenvalue weighted by Crippen LogP contribution is 1.85. The van der Waals surface area contributed by atoms with Crippen LogP contribution in [-0.4, -0.2) is 35.6 Å². The van der Waals surface area contributed by atoms with Crippen LogP contribution in [0, 0.1) is 0 Å². The van der Waals surface area contributed by atoms with Gasteiger partial charge in [-0.2, -0.15) is 0 Å². The molecule has 0 spiro atoms. The molecule has 0 aliphatic carbocycles. The van der Waals surface area contributed by atoms with Crippen LogP contribution in [0.2, 0.25) is 6.55 Å². The van der Waals surface area contributed by atoms with Crippen molar-refractivity contribution in [2.75, 3.05) is 26.3 Å². The summed E-state index contributed by atoms with van der Waals surface area (Å²) in [6.45, 7) is 10.1. The summed E-state index contributed by atoms with van der Waals surface area (Å²) in [5.74, 6) is 0. The first-order valence-corrected chi connectivity index (χ1v) is 6.84. The number of rotatable bonds is 4. The van der Waals surface area contributed by atoms with Gasteiger partial charge < -0.3 is 14.2 Å². The average molecular weight is 191 g/mol. The van der Waals surface area contributed by atoms with Gasteiger partial charge in [-0.05, 0) is 39.9 Å². The highest BCUT2D eigenvalue weighted by Gasteiger charge is 1.99. The fourth-order valence-corrected chi connectivity index (χ4v) is 1.73. The Hall–Kier alpha value is 0.0969. The van der Waals surface area contributed by atoms with Crippen LogP contribution in [0.5, 0.6) is 0 Å². The second-order valence-electron chi connectivity index (χ2n) is 2.58. The summed E-state index contributed by atoms with van der Waals surface area (Å²) >= 11 is 0. The summed E-state index contributed by atoms with van der Waals surface area (Å²) in [6, 6.07) is 0. The number of hydrogen-bond donors (Lipinski definition) is 1. The molecule has 1 aliphatic rings. The molecule has 0 aromatic rings. The summed E-state index contributed by atoms with van der Waals surface area (Å²) in [5.41, 5.74) is 0. The predicted octanol–water partition coefficient (Wildman–Crippen LogP) is 0.889. The Balaban J connectivity index is 0.000000247. The zero-order valence-electron chi connectivity index (χ0n) is 8.43. The minimum atomic E-state index is -1.20. The molecule has 1 saturated heterocycles. The Morgan fingerprint density at radius 1 is 1.17 bits per heavy atom. The third-order valence-electron chi connectivity index (χ3n) is 1.51. The normalized spacial score (nSPS) is 15.0. The summed E-state index contributed by atoms with van der Waals surface area (Å²) in [5, 5.41) is 3.11. The lowest BCUT2D eigenvalue weighted by molar-refractivity contribution is 0.219. The predicted molar refractivity (Wildman–Crippen MR) is 53.8 cm³/mol. The Bertz CT molecular complexity index is 79.1. The summed E-state index contributed by atoms with van der Waals surface area (Å²) in [7, 11) is -1.20. The number of nitrogens with one attached hydrogen (secondary N) is 1. The summed E-state index contributed by atoms with van der Waals surface area (Å²) in [6.07, 6.45) is 1.39. The van der Waals surface area contributed by atoms with Gasteiger partial charge in [-0.25, -0.2) is 0 Å². The zero-order valence-corrected chi connectivity index (χ0v) is 9.58. The van der Waals surface area contributed by atoms with Crippen molar-refractivity contribution in [1.82, 2.24) is 5.32 Å². The lowest BCUT2D eigenvalue weighted by atomic mass is 10.3. The average Bonchev–Trinajstić information content (AvgIpc) is 1.84.